The van der Waals surface area contributed by atoms with Gasteiger partial charge in [0, 0.05) is 16.3 Å². The van der Waals surface area contributed by atoms with Gasteiger partial charge in [0.25, 0.3) is 0 Å². The lowest BCUT2D eigenvalue weighted by molar-refractivity contribution is -0.139. The Kier molecular flexibility index (Phi) is 5.16. The number of thiophene rings is 1. The van der Waals surface area contributed by atoms with E-state index in [1.165, 1.54) is 29.4 Å². The van der Waals surface area contributed by atoms with Crippen molar-refractivity contribution in [3.63, 3.8) is 0 Å². The van der Waals surface area contributed by atoms with Crippen LogP contribution in [0.2, 0.25) is 0 Å². The fourth-order valence-electron chi connectivity index (χ4n) is 2.25. The topological polar surface area (TPSA) is 109 Å². The van der Waals surface area contributed by atoms with Crippen molar-refractivity contribution in [3.05, 3.63) is 40.0 Å². The van der Waals surface area contributed by atoms with Crippen LogP contribution in [0.3, 0.4) is 0 Å². The number of urea groups is 1. The summed E-state index contributed by atoms with van der Waals surface area (Å²) in [7, 11) is 0. The van der Waals surface area contributed by atoms with Crippen LogP contribution in [-0.2, 0) is 9.53 Å². The lowest BCUT2D eigenvalue weighted by atomic mass is 10.0. The maximum Gasteiger partial charge on any atom is 0.338 e. The third kappa shape index (κ3) is 3.60. The number of esters is 1. The molecule has 8 nitrogen and oxygen atoms in total. The molecule has 10 heteroatoms. The average molecular weight is 365 g/mol. The molecule has 1 atom stereocenters. The van der Waals surface area contributed by atoms with Gasteiger partial charge in [0.05, 0.1) is 18.2 Å². The van der Waals surface area contributed by atoms with E-state index >= 15 is 0 Å². The molecule has 0 radical (unpaired) electrons. The molecule has 0 aliphatic carbocycles. The Hall–Kier alpha value is -2.33. The first-order valence-corrected chi connectivity index (χ1v) is 9.04. The van der Waals surface area contributed by atoms with Gasteiger partial charge in [-0.15, -0.1) is 11.3 Å². The molecule has 2 amide bonds. The minimum absolute atomic E-state index is 0.260. The minimum Gasteiger partial charge on any atom is -0.463 e. The van der Waals surface area contributed by atoms with Crippen molar-refractivity contribution < 1.29 is 14.3 Å². The summed E-state index contributed by atoms with van der Waals surface area (Å²) in [6.07, 6.45) is 1.40. The Morgan fingerprint density at radius 2 is 2.38 bits per heavy atom. The van der Waals surface area contributed by atoms with E-state index in [-0.39, 0.29) is 12.6 Å². The fraction of sp³-hybridized carbons (Fsp3) is 0.286. The smallest absolute Gasteiger partial charge is 0.338 e. The van der Waals surface area contributed by atoms with E-state index in [1.54, 1.807) is 6.92 Å². The van der Waals surface area contributed by atoms with Gasteiger partial charge < -0.3 is 15.4 Å². The molecule has 126 valence electrons. The van der Waals surface area contributed by atoms with E-state index < -0.39 is 12.0 Å². The molecule has 0 bridgehead atoms. The van der Waals surface area contributed by atoms with E-state index in [9.17, 15) is 9.59 Å². The highest BCUT2D eigenvalue weighted by atomic mass is 32.2. The third-order valence-electron chi connectivity index (χ3n) is 3.22. The molecule has 1 aliphatic rings. The van der Waals surface area contributed by atoms with Gasteiger partial charge in [-0.3, -0.25) is 5.10 Å². The summed E-state index contributed by atoms with van der Waals surface area (Å²) in [5.41, 5.74) is 0.919. The number of amides is 2. The largest absolute Gasteiger partial charge is 0.463 e. The van der Waals surface area contributed by atoms with Crippen molar-refractivity contribution in [3.8, 4) is 0 Å². The maximum absolute atomic E-state index is 12.5. The summed E-state index contributed by atoms with van der Waals surface area (Å²) in [4.78, 5) is 29.4. The first kappa shape index (κ1) is 16.5. The van der Waals surface area contributed by atoms with Crippen molar-refractivity contribution in [1.82, 2.24) is 25.8 Å². The van der Waals surface area contributed by atoms with Gasteiger partial charge in [-0.2, -0.15) is 5.10 Å². The number of ether oxygens (including phenoxy) is 1. The van der Waals surface area contributed by atoms with Crippen LogP contribution in [0, 0.1) is 0 Å². The van der Waals surface area contributed by atoms with Crippen molar-refractivity contribution in [2.75, 3.05) is 12.4 Å². The molecule has 2 aromatic heterocycles. The van der Waals surface area contributed by atoms with Crippen LogP contribution in [-0.4, -0.2) is 39.5 Å². The number of carbonyl (C=O) groups excluding carboxylic acids is 2. The Morgan fingerprint density at radius 1 is 1.50 bits per heavy atom. The lowest BCUT2D eigenvalue weighted by Gasteiger charge is -2.28. The second-order valence-corrected chi connectivity index (χ2v) is 6.68. The van der Waals surface area contributed by atoms with Gasteiger partial charge in [-0.25, -0.2) is 14.6 Å². The molecule has 3 rings (SSSR count). The van der Waals surface area contributed by atoms with Crippen molar-refractivity contribution in [2.45, 2.75) is 18.1 Å². The van der Waals surface area contributed by atoms with Crippen LogP contribution in [0.5, 0.6) is 0 Å². The molecule has 0 fully saturated rings. The number of H-pyrrole nitrogens is 1. The van der Waals surface area contributed by atoms with E-state index in [0.717, 1.165) is 4.88 Å². The zero-order valence-electron chi connectivity index (χ0n) is 12.7. The van der Waals surface area contributed by atoms with Crippen molar-refractivity contribution >= 4 is 35.1 Å². The summed E-state index contributed by atoms with van der Waals surface area (Å²) in [6.45, 7) is 2.01. The maximum atomic E-state index is 12.5. The number of carbonyl (C=O) groups is 2. The van der Waals surface area contributed by atoms with Gasteiger partial charge in [-0.1, -0.05) is 17.8 Å². The van der Waals surface area contributed by atoms with Crippen LogP contribution in [0.15, 0.2) is 40.3 Å². The predicted molar refractivity (Wildman–Crippen MR) is 89.5 cm³/mol. The first-order valence-electron chi connectivity index (χ1n) is 7.18. The lowest BCUT2D eigenvalue weighted by Crippen LogP contribution is -2.46. The Labute approximate surface area is 146 Å². The molecule has 0 saturated heterocycles. The van der Waals surface area contributed by atoms with E-state index in [2.05, 4.69) is 25.8 Å². The van der Waals surface area contributed by atoms with E-state index in [4.69, 9.17) is 4.74 Å². The molecule has 0 aromatic carbocycles. The Bertz CT molecular complexity index is 743. The van der Waals surface area contributed by atoms with Crippen molar-refractivity contribution in [1.29, 1.82) is 0 Å². The van der Waals surface area contributed by atoms with Crippen LogP contribution in [0.25, 0.3) is 0 Å². The van der Waals surface area contributed by atoms with Crippen molar-refractivity contribution in [2.24, 2.45) is 0 Å². The van der Waals surface area contributed by atoms with Gasteiger partial charge in [0.1, 0.15) is 6.33 Å². The second kappa shape index (κ2) is 7.49. The Balaban J connectivity index is 1.93. The van der Waals surface area contributed by atoms with Crippen LogP contribution in [0.4, 0.5) is 4.79 Å². The highest BCUT2D eigenvalue weighted by Crippen LogP contribution is 2.32. The molecular formula is C14H15N5O3S2. The third-order valence-corrected chi connectivity index (χ3v) is 5.06. The average Bonchev–Trinajstić information content (AvgIpc) is 3.26. The molecule has 3 N–H and O–H groups in total. The van der Waals surface area contributed by atoms with Gasteiger partial charge in [0.2, 0.25) is 0 Å². The fourth-order valence-corrected chi connectivity index (χ4v) is 3.79. The standard InChI is InChI=1S/C14H15N5O3S2/c1-2-22-12(20)10-8(6-24-14-15-7-16-19-14)17-13(21)18-11(10)9-4-3-5-23-9/h3-5,7,11H,2,6H2,1H3,(H,15,16,19)(H2,17,18,21). The monoisotopic (exact) mass is 365 g/mol. The zero-order valence-corrected chi connectivity index (χ0v) is 14.4. The van der Waals surface area contributed by atoms with E-state index in [0.29, 0.717) is 22.2 Å². The number of thioether (sulfide) groups is 1. The van der Waals surface area contributed by atoms with E-state index in [1.807, 2.05) is 17.5 Å². The predicted octanol–water partition coefficient (Wildman–Crippen LogP) is 1.83. The molecule has 2 aromatic rings. The second-order valence-electron chi connectivity index (χ2n) is 4.74. The number of rotatable bonds is 6. The zero-order chi connectivity index (χ0) is 16.9. The molecule has 0 saturated carbocycles. The van der Waals surface area contributed by atoms with Gasteiger partial charge in [-0.05, 0) is 18.4 Å². The SMILES string of the molecule is CCOC(=O)C1=C(CSc2ncn[nH]2)NC(=O)NC1c1cccs1. The normalized spacial score (nSPS) is 17.4. The number of hydrogen-bond acceptors (Lipinski definition) is 7. The van der Waals surface area contributed by atoms with Crippen LogP contribution < -0.4 is 10.6 Å². The van der Waals surface area contributed by atoms with Gasteiger partial charge in [0.15, 0.2) is 5.16 Å². The quantitative estimate of drug-likeness (QED) is 0.532. The number of aromatic amines is 1. The number of aromatic nitrogens is 3. The summed E-state index contributed by atoms with van der Waals surface area (Å²) in [5, 5.41) is 14.5. The highest BCUT2D eigenvalue weighted by Gasteiger charge is 2.34. The molecule has 0 spiro atoms. The highest BCUT2D eigenvalue weighted by molar-refractivity contribution is 7.99. The van der Waals surface area contributed by atoms with Crippen LogP contribution in [0.1, 0.15) is 17.8 Å². The molecule has 24 heavy (non-hydrogen) atoms. The Morgan fingerprint density at radius 3 is 3.04 bits per heavy atom. The minimum atomic E-state index is -0.525. The summed E-state index contributed by atoms with van der Waals surface area (Å²) in [6, 6.07) is 2.87. The summed E-state index contributed by atoms with van der Waals surface area (Å²) < 4.78 is 5.18. The molecule has 1 aliphatic heterocycles. The summed E-state index contributed by atoms with van der Waals surface area (Å²) in [5.74, 6) is -0.0879. The molecular weight excluding hydrogens is 350 g/mol. The summed E-state index contributed by atoms with van der Waals surface area (Å²) >= 11 is 2.81. The van der Waals surface area contributed by atoms with Crippen LogP contribution >= 0.6 is 23.1 Å². The van der Waals surface area contributed by atoms with Gasteiger partial charge >= 0.3 is 12.0 Å². The number of hydrogen-bond donors (Lipinski definition) is 3. The first-order chi connectivity index (χ1) is 11.7. The number of nitrogens with zero attached hydrogens (tertiary/aromatic N) is 2. The number of nitrogens with one attached hydrogen (secondary N) is 3. The molecule has 1 unspecified atom stereocenters. The molecule has 3 heterocycles.